The van der Waals surface area contributed by atoms with Crippen LogP contribution in [0.2, 0.25) is 0 Å². The van der Waals surface area contributed by atoms with Crippen LogP contribution in [0.3, 0.4) is 0 Å². The summed E-state index contributed by atoms with van der Waals surface area (Å²) in [6.07, 6.45) is 0. The quantitative estimate of drug-likeness (QED) is 0.608. The molecule has 0 radical (unpaired) electrons. The van der Waals surface area contributed by atoms with Gasteiger partial charge in [0.05, 0.1) is 12.3 Å². The lowest BCUT2D eigenvalue weighted by Crippen LogP contribution is -2.41. The fourth-order valence-electron chi connectivity index (χ4n) is 3.15. The highest BCUT2D eigenvalue weighted by Gasteiger charge is 2.19. The van der Waals surface area contributed by atoms with Gasteiger partial charge in [-0.15, -0.1) is 10.2 Å². The number of nitrogens with one attached hydrogen (secondary N) is 1. The van der Waals surface area contributed by atoms with Crippen LogP contribution >= 0.6 is 11.8 Å². The molecule has 4 rings (SSSR count). The first-order valence-corrected chi connectivity index (χ1v) is 10.7. The van der Waals surface area contributed by atoms with Crippen LogP contribution in [-0.2, 0) is 11.3 Å². The van der Waals surface area contributed by atoms with Crippen LogP contribution in [0.25, 0.3) is 11.4 Å². The summed E-state index contributed by atoms with van der Waals surface area (Å²) in [4.78, 5) is 12.3. The highest BCUT2D eigenvalue weighted by Crippen LogP contribution is 2.33. The van der Waals surface area contributed by atoms with Gasteiger partial charge in [0.2, 0.25) is 12.7 Å². The van der Waals surface area contributed by atoms with Gasteiger partial charge in [0, 0.05) is 11.1 Å². The van der Waals surface area contributed by atoms with E-state index in [0.717, 1.165) is 28.5 Å². The topological polar surface area (TPSA) is 78.3 Å². The summed E-state index contributed by atoms with van der Waals surface area (Å²) in [6, 6.07) is 15.8. The van der Waals surface area contributed by atoms with Crippen molar-refractivity contribution in [3.8, 4) is 22.9 Å². The predicted octanol–water partition coefficient (Wildman–Crippen LogP) is 3.73. The Morgan fingerprint density at radius 3 is 2.63 bits per heavy atom. The van der Waals surface area contributed by atoms with E-state index >= 15 is 0 Å². The molecule has 0 spiro atoms. The van der Waals surface area contributed by atoms with Gasteiger partial charge in [0.25, 0.3) is 0 Å². The number of fused-ring (bicyclic) bond motifs is 1. The summed E-state index contributed by atoms with van der Waals surface area (Å²) in [5, 5.41) is 12.4. The minimum Gasteiger partial charge on any atom is -0.454 e. The summed E-state index contributed by atoms with van der Waals surface area (Å²) in [5.74, 6) is 2.48. The molecule has 30 heavy (non-hydrogen) atoms. The molecule has 0 fully saturated rings. The van der Waals surface area contributed by atoms with E-state index in [9.17, 15) is 4.79 Å². The molecule has 1 aliphatic rings. The van der Waals surface area contributed by atoms with Gasteiger partial charge in [-0.2, -0.15) is 0 Å². The first-order valence-electron chi connectivity index (χ1n) is 9.70. The van der Waals surface area contributed by atoms with Gasteiger partial charge in [-0.1, -0.05) is 48.2 Å². The SMILES string of the molecule is CC(C)(C)NC(=O)CSc1nnc(-c2ccccc2)n1Cc1ccc2c(c1)OCO2. The van der Waals surface area contributed by atoms with Crippen LogP contribution < -0.4 is 14.8 Å². The molecule has 3 aromatic rings. The van der Waals surface area contributed by atoms with Crippen LogP contribution in [0.5, 0.6) is 11.5 Å². The van der Waals surface area contributed by atoms with E-state index in [1.165, 1.54) is 11.8 Å². The molecule has 0 unspecified atom stereocenters. The van der Waals surface area contributed by atoms with Crippen molar-refractivity contribution >= 4 is 17.7 Å². The summed E-state index contributed by atoms with van der Waals surface area (Å²) in [7, 11) is 0. The number of ether oxygens (including phenoxy) is 2. The van der Waals surface area contributed by atoms with E-state index in [1.54, 1.807) is 0 Å². The lowest BCUT2D eigenvalue weighted by molar-refractivity contribution is -0.119. The average Bonchev–Trinajstić information content (AvgIpc) is 3.32. The Balaban J connectivity index is 1.60. The van der Waals surface area contributed by atoms with Crippen LogP contribution in [0.1, 0.15) is 26.3 Å². The second kappa shape index (κ2) is 8.39. The Bertz CT molecular complexity index is 1040. The largest absolute Gasteiger partial charge is 0.454 e. The van der Waals surface area contributed by atoms with E-state index in [-0.39, 0.29) is 24.0 Å². The second-order valence-electron chi connectivity index (χ2n) is 8.03. The zero-order valence-electron chi connectivity index (χ0n) is 17.2. The summed E-state index contributed by atoms with van der Waals surface area (Å²) in [5.41, 5.74) is 1.74. The minimum absolute atomic E-state index is 0.0357. The molecule has 1 aromatic heterocycles. The van der Waals surface area contributed by atoms with Gasteiger partial charge in [0.15, 0.2) is 22.5 Å². The first kappa shape index (κ1) is 20.3. The van der Waals surface area contributed by atoms with Gasteiger partial charge in [-0.05, 0) is 38.5 Å². The van der Waals surface area contributed by atoms with Crippen LogP contribution in [0.4, 0.5) is 0 Å². The summed E-state index contributed by atoms with van der Waals surface area (Å²) < 4.78 is 12.9. The molecule has 0 saturated heterocycles. The van der Waals surface area contributed by atoms with Crippen molar-refractivity contribution in [1.29, 1.82) is 0 Å². The average molecular weight is 425 g/mol. The van der Waals surface area contributed by atoms with E-state index in [0.29, 0.717) is 11.7 Å². The van der Waals surface area contributed by atoms with Crippen molar-refractivity contribution < 1.29 is 14.3 Å². The molecular formula is C22H24N4O3S. The van der Waals surface area contributed by atoms with E-state index in [4.69, 9.17) is 9.47 Å². The standard InChI is InChI=1S/C22H24N4O3S/c1-22(2,3)23-19(27)13-30-21-25-24-20(16-7-5-4-6-8-16)26(21)12-15-9-10-17-18(11-15)29-14-28-17/h4-11H,12-14H2,1-3H3,(H,23,27). The van der Waals surface area contributed by atoms with Crippen molar-refractivity contribution in [1.82, 2.24) is 20.1 Å². The summed E-state index contributed by atoms with van der Waals surface area (Å²) in [6.45, 7) is 6.68. The maximum Gasteiger partial charge on any atom is 0.231 e. The van der Waals surface area contributed by atoms with Crippen molar-refractivity contribution in [3.05, 3.63) is 54.1 Å². The minimum atomic E-state index is -0.271. The highest BCUT2D eigenvalue weighted by molar-refractivity contribution is 7.99. The number of aromatic nitrogens is 3. The second-order valence-corrected chi connectivity index (χ2v) is 8.98. The Kier molecular flexibility index (Phi) is 5.67. The number of nitrogens with zero attached hydrogens (tertiary/aromatic N) is 3. The zero-order valence-corrected chi connectivity index (χ0v) is 18.0. The molecule has 2 heterocycles. The molecule has 0 bridgehead atoms. The van der Waals surface area contributed by atoms with E-state index in [1.807, 2.05) is 73.9 Å². The monoisotopic (exact) mass is 424 g/mol. The number of amides is 1. The van der Waals surface area contributed by atoms with Gasteiger partial charge in [0.1, 0.15) is 0 Å². The molecule has 0 atom stereocenters. The number of carbonyl (C=O) groups excluding carboxylic acids is 1. The number of benzene rings is 2. The molecular weight excluding hydrogens is 400 g/mol. The fraction of sp³-hybridized carbons (Fsp3) is 0.318. The van der Waals surface area contributed by atoms with Gasteiger partial charge in [-0.3, -0.25) is 9.36 Å². The third kappa shape index (κ3) is 4.76. The lowest BCUT2D eigenvalue weighted by atomic mass is 10.1. The van der Waals surface area contributed by atoms with Crippen molar-refractivity contribution in [2.24, 2.45) is 0 Å². The first-order chi connectivity index (χ1) is 14.4. The number of thioether (sulfide) groups is 1. The van der Waals surface area contributed by atoms with E-state index < -0.39 is 0 Å². The third-order valence-electron chi connectivity index (χ3n) is 4.37. The normalized spacial score (nSPS) is 12.8. The molecule has 0 aliphatic carbocycles. The summed E-state index contributed by atoms with van der Waals surface area (Å²) >= 11 is 1.38. The van der Waals surface area contributed by atoms with Gasteiger partial charge >= 0.3 is 0 Å². The Labute approximate surface area is 179 Å². The molecule has 2 aromatic carbocycles. The number of rotatable bonds is 6. The van der Waals surface area contributed by atoms with Gasteiger partial charge < -0.3 is 14.8 Å². The molecule has 1 N–H and O–H groups in total. The Hall–Kier alpha value is -3.00. The molecule has 8 heteroatoms. The van der Waals surface area contributed by atoms with E-state index in [2.05, 4.69) is 15.5 Å². The van der Waals surface area contributed by atoms with Crippen LogP contribution in [0, 0.1) is 0 Å². The predicted molar refractivity (Wildman–Crippen MR) is 116 cm³/mol. The van der Waals surface area contributed by atoms with Gasteiger partial charge in [-0.25, -0.2) is 0 Å². The zero-order chi connectivity index (χ0) is 21.1. The molecule has 7 nitrogen and oxygen atoms in total. The number of hydrogen-bond donors (Lipinski definition) is 1. The smallest absolute Gasteiger partial charge is 0.231 e. The molecule has 156 valence electrons. The third-order valence-corrected chi connectivity index (χ3v) is 5.34. The highest BCUT2D eigenvalue weighted by atomic mass is 32.2. The van der Waals surface area contributed by atoms with Crippen LogP contribution in [-0.4, -0.2) is 38.8 Å². The van der Waals surface area contributed by atoms with Crippen LogP contribution in [0.15, 0.2) is 53.7 Å². The van der Waals surface area contributed by atoms with Crippen molar-refractivity contribution in [3.63, 3.8) is 0 Å². The number of carbonyl (C=O) groups is 1. The molecule has 1 amide bonds. The maximum atomic E-state index is 12.3. The number of hydrogen-bond acceptors (Lipinski definition) is 6. The van der Waals surface area contributed by atoms with Crippen molar-refractivity contribution in [2.75, 3.05) is 12.5 Å². The molecule has 0 saturated carbocycles. The van der Waals surface area contributed by atoms with Crippen molar-refractivity contribution in [2.45, 2.75) is 38.0 Å². The Morgan fingerprint density at radius 1 is 1.10 bits per heavy atom. The maximum absolute atomic E-state index is 12.3. The molecule has 1 aliphatic heterocycles. The fourth-order valence-corrected chi connectivity index (χ4v) is 3.88. The Morgan fingerprint density at radius 2 is 1.87 bits per heavy atom. The lowest BCUT2D eigenvalue weighted by Gasteiger charge is -2.20.